The van der Waals surface area contributed by atoms with Gasteiger partial charge in [0.2, 0.25) is 0 Å². The average Bonchev–Trinajstić information content (AvgIpc) is 3.45. The van der Waals surface area contributed by atoms with E-state index in [-0.39, 0.29) is 18.6 Å². The van der Waals surface area contributed by atoms with Crippen molar-refractivity contribution in [2.45, 2.75) is 63.9 Å². The van der Waals surface area contributed by atoms with Gasteiger partial charge in [-0.1, -0.05) is 18.5 Å². The molecule has 0 unspecified atom stereocenters. The van der Waals surface area contributed by atoms with Gasteiger partial charge in [-0.25, -0.2) is 13.9 Å². The van der Waals surface area contributed by atoms with Gasteiger partial charge in [0, 0.05) is 49.5 Å². The molecule has 0 spiro atoms. The van der Waals surface area contributed by atoms with Gasteiger partial charge in [-0.05, 0) is 37.3 Å². The smallest absolute Gasteiger partial charge is 0.258 e. The second-order valence-corrected chi connectivity index (χ2v) is 10.7. The van der Waals surface area contributed by atoms with Crippen LogP contribution < -0.4 is 4.74 Å². The van der Waals surface area contributed by atoms with Crippen molar-refractivity contribution < 1.29 is 19.0 Å². The number of rotatable bonds is 6. The van der Waals surface area contributed by atoms with Gasteiger partial charge in [0.05, 0.1) is 35.6 Å². The summed E-state index contributed by atoms with van der Waals surface area (Å²) in [5.74, 6) is 0.194. The minimum Gasteiger partial charge on any atom is -0.489 e. The molecule has 8 nitrogen and oxygen atoms in total. The maximum atomic E-state index is 14.3. The highest BCUT2D eigenvalue weighted by atomic mass is 35.5. The molecule has 4 atom stereocenters. The van der Waals surface area contributed by atoms with Gasteiger partial charge >= 0.3 is 0 Å². The first-order valence-electron chi connectivity index (χ1n) is 12.5. The normalized spacial score (nSPS) is 25.5. The van der Waals surface area contributed by atoms with E-state index in [9.17, 15) is 14.3 Å². The molecule has 10 heteroatoms. The Morgan fingerprint density at radius 2 is 2.14 bits per heavy atom. The van der Waals surface area contributed by atoms with E-state index in [0.29, 0.717) is 53.1 Å². The minimum atomic E-state index is -0.429. The van der Waals surface area contributed by atoms with Gasteiger partial charge in [-0.15, -0.1) is 0 Å². The van der Waals surface area contributed by atoms with E-state index in [4.69, 9.17) is 16.3 Å². The number of hydrogen-bond donors (Lipinski definition) is 1. The number of aromatic nitrogens is 3. The molecule has 3 aliphatic heterocycles. The number of nitrogens with zero attached hydrogens (tertiary/aromatic N) is 5. The SMILES string of the molecule is C[C@@H]1C[C@H]2C[C@@H](Oc3cc(F)ccc3C(=O)N3Cc4nn5cc(Cl)cnc5c4C3)C[C@@H]1N2CCCO. The number of piperidine rings is 1. The predicted molar refractivity (Wildman–Crippen MR) is 131 cm³/mol. The lowest BCUT2D eigenvalue weighted by molar-refractivity contribution is 0.0392. The summed E-state index contributed by atoms with van der Waals surface area (Å²) in [7, 11) is 0. The maximum absolute atomic E-state index is 14.3. The fraction of sp³-hybridized carbons (Fsp3) is 0.500. The molecule has 0 saturated carbocycles. The minimum absolute atomic E-state index is 0.0855. The van der Waals surface area contributed by atoms with Crippen LogP contribution in [0.1, 0.15) is 54.2 Å². The number of carbonyl (C=O) groups excluding carboxylic acids is 1. The monoisotopic (exact) mass is 513 g/mol. The van der Waals surface area contributed by atoms with E-state index in [0.717, 1.165) is 43.5 Å². The highest BCUT2D eigenvalue weighted by Crippen LogP contribution is 2.41. The Kier molecular flexibility index (Phi) is 6.09. The van der Waals surface area contributed by atoms with E-state index >= 15 is 0 Å². The molecule has 3 aliphatic rings. The van der Waals surface area contributed by atoms with Crippen molar-refractivity contribution in [3.8, 4) is 5.75 Å². The number of fused-ring (bicyclic) bond motifs is 5. The Balaban J connectivity index is 1.20. The van der Waals surface area contributed by atoms with Crippen LogP contribution in [-0.4, -0.2) is 66.8 Å². The van der Waals surface area contributed by atoms with Crippen LogP contribution >= 0.6 is 11.6 Å². The van der Waals surface area contributed by atoms with Crippen LogP contribution in [0.4, 0.5) is 4.39 Å². The van der Waals surface area contributed by atoms with Gasteiger partial charge < -0.3 is 14.7 Å². The molecule has 2 bridgehead atoms. The molecular formula is C26H29ClFN5O3. The first kappa shape index (κ1) is 23.6. The Labute approximate surface area is 213 Å². The molecular weight excluding hydrogens is 485 g/mol. The summed E-state index contributed by atoms with van der Waals surface area (Å²) in [5, 5.41) is 14.3. The standard InChI is InChI=1S/C26H29ClFN5O3/c1-15-7-18-9-19(10-23(15)32(18)5-2-6-34)36-24-8-17(28)3-4-20(24)26(35)31-13-21-22(14-31)30-33-12-16(27)11-29-25(21)33/h3-4,8,11-12,15,18-19,23,34H,2,5-7,9-10,13-14H2,1H3/t15-,18+,19-,23+/m1/s1. The van der Waals surface area contributed by atoms with Crippen molar-refractivity contribution in [1.29, 1.82) is 0 Å². The number of halogens is 2. The molecule has 1 amide bonds. The number of hydrogen-bond acceptors (Lipinski definition) is 6. The summed E-state index contributed by atoms with van der Waals surface area (Å²) in [4.78, 5) is 22.1. The van der Waals surface area contributed by atoms with Gasteiger partial charge in [0.1, 0.15) is 17.7 Å². The molecule has 3 aromatic rings. The second-order valence-electron chi connectivity index (χ2n) is 10.2. The average molecular weight is 514 g/mol. The fourth-order valence-corrected chi connectivity index (χ4v) is 6.41. The van der Waals surface area contributed by atoms with Crippen LogP contribution in [0.5, 0.6) is 5.75 Å². The van der Waals surface area contributed by atoms with Crippen LogP contribution in [0.2, 0.25) is 5.02 Å². The van der Waals surface area contributed by atoms with Crippen molar-refractivity contribution in [3.63, 3.8) is 0 Å². The van der Waals surface area contributed by atoms with Crippen molar-refractivity contribution in [2.24, 2.45) is 5.92 Å². The number of amides is 1. The third-order valence-corrected chi connectivity index (χ3v) is 8.07. The molecule has 190 valence electrons. The Morgan fingerprint density at radius 1 is 1.28 bits per heavy atom. The van der Waals surface area contributed by atoms with E-state index < -0.39 is 5.82 Å². The summed E-state index contributed by atoms with van der Waals surface area (Å²) < 4.78 is 22.3. The third-order valence-electron chi connectivity index (χ3n) is 7.87. The van der Waals surface area contributed by atoms with Crippen LogP contribution in [-0.2, 0) is 13.1 Å². The topological polar surface area (TPSA) is 83.2 Å². The summed E-state index contributed by atoms with van der Waals surface area (Å²) in [6, 6.07) is 4.90. The molecule has 1 aromatic carbocycles. The highest BCUT2D eigenvalue weighted by Gasteiger charge is 2.45. The lowest BCUT2D eigenvalue weighted by Gasteiger charge is -2.39. The number of aliphatic hydroxyl groups is 1. The van der Waals surface area contributed by atoms with Crippen molar-refractivity contribution in [2.75, 3.05) is 13.2 Å². The van der Waals surface area contributed by atoms with Gasteiger partial charge in [-0.3, -0.25) is 9.69 Å². The van der Waals surface area contributed by atoms with E-state index in [2.05, 4.69) is 21.9 Å². The van der Waals surface area contributed by atoms with Gasteiger partial charge in [-0.2, -0.15) is 5.10 Å². The first-order valence-corrected chi connectivity index (χ1v) is 12.9. The summed E-state index contributed by atoms with van der Waals surface area (Å²) in [6.07, 6.45) is 6.70. The van der Waals surface area contributed by atoms with Crippen molar-refractivity contribution >= 4 is 23.2 Å². The molecule has 0 radical (unpaired) electrons. The molecule has 0 aliphatic carbocycles. The second kappa shape index (κ2) is 9.28. The quantitative estimate of drug-likeness (QED) is 0.541. The maximum Gasteiger partial charge on any atom is 0.258 e. The number of benzene rings is 1. The zero-order valence-electron chi connectivity index (χ0n) is 20.1. The van der Waals surface area contributed by atoms with E-state index in [1.165, 1.54) is 18.2 Å². The van der Waals surface area contributed by atoms with Crippen LogP contribution in [0.15, 0.2) is 30.6 Å². The largest absolute Gasteiger partial charge is 0.489 e. The third kappa shape index (κ3) is 4.13. The van der Waals surface area contributed by atoms with Crippen LogP contribution in [0, 0.1) is 11.7 Å². The fourth-order valence-electron chi connectivity index (χ4n) is 6.27. The first-order chi connectivity index (χ1) is 17.4. The number of ether oxygens (including phenoxy) is 1. The molecule has 2 fully saturated rings. The van der Waals surface area contributed by atoms with Crippen molar-refractivity contribution in [1.82, 2.24) is 24.4 Å². The zero-order chi connectivity index (χ0) is 25.0. The Morgan fingerprint density at radius 3 is 2.94 bits per heavy atom. The Hall–Kier alpha value is -2.75. The molecule has 6 rings (SSSR count). The molecule has 5 heterocycles. The molecule has 36 heavy (non-hydrogen) atoms. The highest BCUT2D eigenvalue weighted by molar-refractivity contribution is 6.30. The van der Waals surface area contributed by atoms with E-state index in [1.54, 1.807) is 21.8 Å². The van der Waals surface area contributed by atoms with E-state index in [1.807, 2.05) is 0 Å². The number of aliphatic hydroxyl groups excluding tert-OH is 1. The van der Waals surface area contributed by atoms with Crippen LogP contribution in [0.25, 0.3) is 5.65 Å². The van der Waals surface area contributed by atoms with Crippen LogP contribution in [0.3, 0.4) is 0 Å². The molecule has 2 aromatic heterocycles. The lowest BCUT2D eigenvalue weighted by atomic mass is 9.96. The van der Waals surface area contributed by atoms with Gasteiger partial charge in [0.25, 0.3) is 5.91 Å². The molecule has 1 N–H and O–H groups in total. The predicted octanol–water partition coefficient (Wildman–Crippen LogP) is 3.68. The Bertz CT molecular complexity index is 1320. The van der Waals surface area contributed by atoms with Gasteiger partial charge in [0.15, 0.2) is 5.65 Å². The number of carbonyl (C=O) groups is 1. The molecule has 2 saturated heterocycles. The zero-order valence-corrected chi connectivity index (χ0v) is 20.9. The lowest BCUT2D eigenvalue weighted by Crippen LogP contribution is -2.47. The van der Waals surface area contributed by atoms with Crippen molar-refractivity contribution in [3.05, 3.63) is 58.3 Å². The summed E-state index contributed by atoms with van der Waals surface area (Å²) in [6.45, 7) is 4.05. The summed E-state index contributed by atoms with van der Waals surface area (Å²) >= 11 is 6.03. The summed E-state index contributed by atoms with van der Waals surface area (Å²) in [5.41, 5.74) is 2.71.